The second kappa shape index (κ2) is 11.5. The first-order chi connectivity index (χ1) is 27.2. The third-order valence-corrected chi connectivity index (χ3v) is 11.0. The first-order valence-electron chi connectivity index (χ1n) is 18.5. The summed E-state index contributed by atoms with van der Waals surface area (Å²) in [6.45, 7) is 0. The van der Waals surface area contributed by atoms with Gasteiger partial charge >= 0.3 is 0 Å². The Hall–Kier alpha value is -7.50. The minimum absolute atomic E-state index is 0.593. The fourth-order valence-corrected chi connectivity index (χ4v) is 8.21. The van der Waals surface area contributed by atoms with E-state index in [1.807, 2.05) is 24.3 Å². The van der Waals surface area contributed by atoms with Crippen LogP contribution in [-0.2, 0) is 0 Å². The molecule has 12 rings (SSSR count). The molecular formula is C50H29N3O2. The van der Waals surface area contributed by atoms with Crippen molar-refractivity contribution in [3.8, 4) is 39.7 Å². The van der Waals surface area contributed by atoms with Gasteiger partial charge in [-0.05, 0) is 110 Å². The van der Waals surface area contributed by atoms with Crippen LogP contribution in [0.2, 0.25) is 0 Å². The molecule has 9 aromatic carbocycles. The molecule has 5 heteroatoms. The highest BCUT2D eigenvalue weighted by Crippen LogP contribution is 2.39. The fourth-order valence-electron chi connectivity index (χ4n) is 8.21. The molecule has 0 saturated heterocycles. The molecule has 55 heavy (non-hydrogen) atoms. The number of nitrogens with zero attached hydrogens (tertiary/aromatic N) is 3. The van der Waals surface area contributed by atoms with Gasteiger partial charge in [0.2, 0.25) is 11.8 Å². The molecule has 0 N–H and O–H groups in total. The van der Waals surface area contributed by atoms with Gasteiger partial charge in [0, 0.05) is 27.6 Å². The average Bonchev–Trinajstić information content (AvgIpc) is 3.94. The van der Waals surface area contributed by atoms with E-state index in [2.05, 4.69) is 156 Å². The molecule has 12 aromatic rings. The molecule has 256 valence electrons. The van der Waals surface area contributed by atoms with Crippen molar-refractivity contribution < 1.29 is 8.83 Å². The Labute approximate surface area is 314 Å². The molecule has 0 bridgehead atoms. The lowest BCUT2D eigenvalue weighted by atomic mass is 10.0. The Balaban J connectivity index is 1.04. The predicted octanol–water partition coefficient (Wildman–Crippen LogP) is 13.5. The largest absolute Gasteiger partial charge is 0.436 e. The number of oxazole rings is 2. The molecule has 3 heterocycles. The van der Waals surface area contributed by atoms with Gasteiger partial charge in [0.05, 0.1) is 11.0 Å². The van der Waals surface area contributed by atoms with Gasteiger partial charge in [-0.25, -0.2) is 9.97 Å². The Morgan fingerprint density at radius 2 is 0.782 bits per heavy atom. The Morgan fingerprint density at radius 1 is 0.345 bits per heavy atom. The number of rotatable bonds is 4. The summed E-state index contributed by atoms with van der Waals surface area (Å²) in [7, 11) is 0. The van der Waals surface area contributed by atoms with Gasteiger partial charge in [-0.2, -0.15) is 0 Å². The molecule has 0 unspecified atom stereocenters. The maximum Gasteiger partial charge on any atom is 0.227 e. The summed E-state index contributed by atoms with van der Waals surface area (Å²) in [4.78, 5) is 9.92. The Morgan fingerprint density at radius 3 is 1.31 bits per heavy atom. The summed E-state index contributed by atoms with van der Waals surface area (Å²) in [5.74, 6) is 1.19. The van der Waals surface area contributed by atoms with Crippen molar-refractivity contribution in [2.45, 2.75) is 0 Å². The molecule has 0 radical (unpaired) electrons. The van der Waals surface area contributed by atoms with Gasteiger partial charge in [-0.1, -0.05) is 109 Å². The van der Waals surface area contributed by atoms with Crippen molar-refractivity contribution in [3.63, 3.8) is 0 Å². The van der Waals surface area contributed by atoms with E-state index in [9.17, 15) is 0 Å². The second-order valence-electron chi connectivity index (χ2n) is 14.3. The van der Waals surface area contributed by atoms with E-state index in [1.54, 1.807) is 0 Å². The van der Waals surface area contributed by atoms with Crippen molar-refractivity contribution in [3.05, 3.63) is 176 Å². The van der Waals surface area contributed by atoms with E-state index in [4.69, 9.17) is 18.8 Å². The molecule has 0 aliphatic rings. The molecule has 5 nitrogen and oxygen atoms in total. The minimum atomic E-state index is 0.593. The topological polar surface area (TPSA) is 57.0 Å². The van der Waals surface area contributed by atoms with Crippen molar-refractivity contribution in [2.75, 3.05) is 0 Å². The van der Waals surface area contributed by atoms with Gasteiger partial charge in [-0.15, -0.1) is 0 Å². The highest BCUT2D eigenvalue weighted by Gasteiger charge is 2.19. The molecule has 0 aliphatic carbocycles. The van der Waals surface area contributed by atoms with Crippen LogP contribution in [-0.4, -0.2) is 14.5 Å². The van der Waals surface area contributed by atoms with Crippen LogP contribution in [0.1, 0.15) is 0 Å². The van der Waals surface area contributed by atoms with Crippen molar-refractivity contribution >= 4 is 76.3 Å². The highest BCUT2D eigenvalue weighted by molar-refractivity contribution is 6.11. The standard InChI is InChI=1S/C50H29N3O2/c1-2-8-32-23-37(14-13-30(32)7-1)31-15-19-40(20-16-31)53-45-26-38(49-51-43-24-33-9-3-5-11-35(33)28-47(43)54-49)17-21-41(45)42-22-18-39(27-46(42)53)50-52-44-25-34-10-4-6-12-36(34)29-48(44)55-50/h1-29H. The average molecular weight is 704 g/mol. The van der Waals surface area contributed by atoms with Crippen molar-refractivity contribution in [2.24, 2.45) is 0 Å². The van der Waals surface area contributed by atoms with Crippen LogP contribution in [0, 0.1) is 0 Å². The normalized spacial score (nSPS) is 12.0. The molecule has 0 amide bonds. The van der Waals surface area contributed by atoms with Gasteiger partial charge < -0.3 is 13.4 Å². The SMILES string of the molecule is c1ccc2cc(-c3ccc(-n4c5cc(-c6nc7cc8ccccc8cc7o6)ccc5c5ccc(-c6nc7cc8ccccc8cc7o6)cc54)cc3)ccc2c1. The smallest absolute Gasteiger partial charge is 0.227 e. The second-order valence-corrected chi connectivity index (χ2v) is 14.3. The lowest BCUT2D eigenvalue weighted by molar-refractivity contribution is 0.620. The minimum Gasteiger partial charge on any atom is -0.436 e. The summed E-state index contributed by atoms with van der Waals surface area (Å²) < 4.78 is 15.2. The Bertz CT molecular complexity index is 3220. The van der Waals surface area contributed by atoms with Crippen LogP contribution in [0.3, 0.4) is 0 Å². The predicted molar refractivity (Wildman–Crippen MR) is 225 cm³/mol. The molecule has 3 aromatic heterocycles. The number of fused-ring (bicyclic) bond motifs is 8. The van der Waals surface area contributed by atoms with E-state index in [1.165, 1.54) is 16.3 Å². The van der Waals surface area contributed by atoms with Crippen LogP contribution >= 0.6 is 0 Å². The summed E-state index contributed by atoms with van der Waals surface area (Å²) >= 11 is 0. The molecule has 0 aliphatic heterocycles. The summed E-state index contributed by atoms with van der Waals surface area (Å²) in [5.41, 5.74) is 10.6. The van der Waals surface area contributed by atoms with Gasteiger partial charge in [0.25, 0.3) is 0 Å². The third-order valence-electron chi connectivity index (χ3n) is 11.0. The van der Waals surface area contributed by atoms with Crippen LogP contribution in [0.25, 0.3) is 116 Å². The van der Waals surface area contributed by atoms with Gasteiger partial charge in [0.15, 0.2) is 11.2 Å². The van der Waals surface area contributed by atoms with Crippen LogP contribution < -0.4 is 0 Å². The first kappa shape index (κ1) is 30.0. The molecular weight excluding hydrogens is 675 g/mol. The summed E-state index contributed by atoms with van der Waals surface area (Å²) in [6, 6.07) is 61.9. The van der Waals surface area contributed by atoms with Crippen molar-refractivity contribution in [1.29, 1.82) is 0 Å². The lowest BCUT2D eigenvalue weighted by Gasteiger charge is -2.11. The zero-order valence-corrected chi connectivity index (χ0v) is 29.4. The monoisotopic (exact) mass is 703 g/mol. The fraction of sp³-hybridized carbons (Fsp3) is 0. The van der Waals surface area contributed by atoms with E-state index in [-0.39, 0.29) is 0 Å². The van der Waals surface area contributed by atoms with Crippen molar-refractivity contribution in [1.82, 2.24) is 14.5 Å². The molecule has 0 spiro atoms. The van der Waals surface area contributed by atoms with Crippen LogP contribution in [0.5, 0.6) is 0 Å². The first-order valence-corrected chi connectivity index (χ1v) is 18.5. The van der Waals surface area contributed by atoms with E-state index in [0.29, 0.717) is 11.8 Å². The maximum atomic E-state index is 6.42. The highest BCUT2D eigenvalue weighted by atomic mass is 16.4. The Kier molecular flexibility index (Phi) is 6.27. The number of hydrogen-bond donors (Lipinski definition) is 0. The number of benzene rings is 9. The summed E-state index contributed by atoms with van der Waals surface area (Å²) in [5, 5.41) is 9.27. The third kappa shape index (κ3) is 4.80. The van der Waals surface area contributed by atoms with E-state index < -0.39 is 0 Å². The molecule has 0 atom stereocenters. The number of hydrogen-bond acceptors (Lipinski definition) is 4. The maximum absolute atomic E-state index is 6.42. The van der Waals surface area contributed by atoms with Crippen LogP contribution in [0.4, 0.5) is 0 Å². The van der Waals surface area contributed by atoms with Gasteiger partial charge in [0.1, 0.15) is 11.0 Å². The van der Waals surface area contributed by atoms with E-state index in [0.717, 1.165) is 87.9 Å². The molecule has 0 saturated carbocycles. The summed E-state index contributed by atoms with van der Waals surface area (Å²) in [6.07, 6.45) is 0. The quantitative estimate of drug-likeness (QED) is 0.183. The van der Waals surface area contributed by atoms with Gasteiger partial charge in [-0.3, -0.25) is 0 Å². The van der Waals surface area contributed by atoms with Crippen LogP contribution in [0.15, 0.2) is 185 Å². The zero-order chi connectivity index (χ0) is 36.0. The molecule has 0 fully saturated rings. The zero-order valence-electron chi connectivity index (χ0n) is 29.4. The van der Waals surface area contributed by atoms with E-state index >= 15 is 0 Å². The lowest BCUT2D eigenvalue weighted by Crippen LogP contribution is -1.94. The number of aromatic nitrogens is 3.